The van der Waals surface area contributed by atoms with Gasteiger partial charge in [-0.1, -0.05) is 6.07 Å². The molecule has 4 heterocycles. The van der Waals surface area contributed by atoms with Crippen LogP contribution in [0.2, 0.25) is 0 Å². The Morgan fingerprint density at radius 3 is 2.85 bits per heavy atom. The second-order valence-electron chi connectivity index (χ2n) is 6.34. The third kappa shape index (κ3) is 3.14. The number of hydrogen-bond donors (Lipinski definition) is 0. The minimum atomic E-state index is -0.0257. The van der Waals surface area contributed by atoms with Gasteiger partial charge in [0, 0.05) is 18.5 Å². The summed E-state index contributed by atoms with van der Waals surface area (Å²) < 4.78 is 7.22. The molecule has 0 N–H and O–H groups in total. The molecule has 0 spiro atoms. The molecule has 0 atom stereocenters. The number of hydrogen-bond acceptors (Lipinski definition) is 5. The lowest BCUT2D eigenvalue weighted by Gasteiger charge is -2.21. The molecule has 4 rings (SSSR count). The molecule has 0 aliphatic heterocycles. The SMILES string of the molecule is CCN(Cc1cccs1)C(=O)c1cc(-c2ccco2)nc2c1c(C)nn2C. The predicted molar refractivity (Wildman–Crippen MR) is 106 cm³/mol. The zero-order valence-corrected chi connectivity index (χ0v) is 16.3. The summed E-state index contributed by atoms with van der Waals surface area (Å²) >= 11 is 1.65. The summed E-state index contributed by atoms with van der Waals surface area (Å²) in [5, 5.41) is 7.29. The maximum atomic E-state index is 13.4. The van der Waals surface area contributed by atoms with Gasteiger partial charge in [0.15, 0.2) is 11.4 Å². The monoisotopic (exact) mass is 380 g/mol. The number of carbonyl (C=O) groups is 1. The van der Waals surface area contributed by atoms with E-state index in [4.69, 9.17) is 4.42 Å². The van der Waals surface area contributed by atoms with Crippen molar-refractivity contribution in [2.45, 2.75) is 20.4 Å². The van der Waals surface area contributed by atoms with Crippen LogP contribution < -0.4 is 0 Å². The Kier molecular flexibility index (Phi) is 4.53. The van der Waals surface area contributed by atoms with E-state index in [0.717, 1.165) is 16.0 Å². The van der Waals surface area contributed by atoms with E-state index in [-0.39, 0.29) is 5.91 Å². The van der Waals surface area contributed by atoms with E-state index in [1.54, 1.807) is 22.3 Å². The summed E-state index contributed by atoms with van der Waals surface area (Å²) in [5.41, 5.74) is 2.71. The van der Waals surface area contributed by atoms with Gasteiger partial charge in [0.25, 0.3) is 5.91 Å². The van der Waals surface area contributed by atoms with Crippen LogP contribution in [-0.2, 0) is 13.6 Å². The third-order valence-electron chi connectivity index (χ3n) is 4.57. The van der Waals surface area contributed by atoms with E-state index in [1.165, 1.54) is 0 Å². The molecule has 7 heteroatoms. The number of furan rings is 1. The summed E-state index contributed by atoms with van der Waals surface area (Å²) in [7, 11) is 1.84. The second-order valence-corrected chi connectivity index (χ2v) is 7.37. The minimum Gasteiger partial charge on any atom is -0.463 e. The van der Waals surface area contributed by atoms with E-state index in [0.29, 0.717) is 35.8 Å². The van der Waals surface area contributed by atoms with Gasteiger partial charge >= 0.3 is 0 Å². The summed E-state index contributed by atoms with van der Waals surface area (Å²) in [6.07, 6.45) is 1.60. The Morgan fingerprint density at radius 2 is 2.19 bits per heavy atom. The highest BCUT2D eigenvalue weighted by atomic mass is 32.1. The topological polar surface area (TPSA) is 64.2 Å². The highest BCUT2D eigenvalue weighted by Crippen LogP contribution is 2.28. The Hall–Kier alpha value is -2.93. The van der Waals surface area contributed by atoms with Crippen molar-refractivity contribution in [3.05, 3.63) is 58.1 Å². The summed E-state index contributed by atoms with van der Waals surface area (Å²) in [4.78, 5) is 21.1. The number of amides is 1. The average Bonchev–Trinajstić information content (AvgIpc) is 3.41. The molecule has 27 heavy (non-hydrogen) atoms. The first kappa shape index (κ1) is 17.5. The molecule has 6 nitrogen and oxygen atoms in total. The number of nitrogens with zero attached hydrogens (tertiary/aromatic N) is 4. The van der Waals surface area contributed by atoms with Crippen LogP contribution in [0.4, 0.5) is 0 Å². The van der Waals surface area contributed by atoms with Gasteiger partial charge in [0.1, 0.15) is 5.69 Å². The van der Waals surface area contributed by atoms with E-state index >= 15 is 0 Å². The maximum absolute atomic E-state index is 13.4. The maximum Gasteiger partial charge on any atom is 0.255 e. The largest absolute Gasteiger partial charge is 0.463 e. The highest BCUT2D eigenvalue weighted by Gasteiger charge is 2.23. The van der Waals surface area contributed by atoms with Crippen LogP contribution >= 0.6 is 11.3 Å². The Labute approximate surface area is 161 Å². The van der Waals surface area contributed by atoms with Crippen LogP contribution in [0.1, 0.15) is 27.9 Å². The molecule has 4 aromatic heterocycles. The van der Waals surface area contributed by atoms with Crippen LogP contribution in [0.15, 0.2) is 46.4 Å². The van der Waals surface area contributed by atoms with Crippen LogP contribution in [0.3, 0.4) is 0 Å². The molecular formula is C20H20N4O2S. The van der Waals surface area contributed by atoms with Crippen LogP contribution in [0.25, 0.3) is 22.5 Å². The molecule has 4 aromatic rings. The molecule has 138 valence electrons. The lowest BCUT2D eigenvalue weighted by molar-refractivity contribution is 0.0756. The third-order valence-corrected chi connectivity index (χ3v) is 5.43. The van der Waals surface area contributed by atoms with Crippen molar-refractivity contribution >= 4 is 28.3 Å². The summed E-state index contributed by atoms with van der Waals surface area (Å²) in [6.45, 7) is 5.11. The van der Waals surface area contributed by atoms with Gasteiger partial charge in [0.05, 0.1) is 29.5 Å². The first-order valence-corrected chi connectivity index (χ1v) is 9.66. The fraction of sp³-hybridized carbons (Fsp3) is 0.250. The fourth-order valence-electron chi connectivity index (χ4n) is 3.25. The van der Waals surface area contributed by atoms with Crippen LogP contribution in [0.5, 0.6) is 0 Å². The quantitative estimate of drug-likeness (QED) is 0.519. The smallest absolute Gasteiger partial charge is 0.255 e. The molecule has 0 aliphatic carbocycles. The first-order chi connectivity index (χ1) is 13.1. The summed E-state index contributed by atoms with van der Waals surface area (Å²) in [6, 6.07) is 9.52. The van der Waals surface area contributed by atoms with Crippen molar-refractivity contribution in [2.24, 2.45) is 7.05 Å². The number of thiophene rings is 1. The number of aryl methyl sites for hydroxylation is 2. The van der Waals surface area contributed by atoms with Gasteiger partial charge in [-0.05, 0) is 43.5 Å². The normalized spacial score (nSPS) is 11.2. The Bertz CT molecular complexity index is 1080. The van der Waals surface area contributed by atoms with E-state index < -0.39 is 0 Å². The van der Waals surface area contributed by atoms with Crippen molar-refractivity contribution in [3.8, 4) is 11.5 Å². The van der Waals surface area contributed by atoms with Crippen molar-refractivity contribution in [1.82, 2.24) is 19.7 Å². The zero-order valence-electron chi connectivity index (χ0n) is 15.5. The van der Waals surface area contributed by atoms with Crippen molar-refractivity contribution < 1.29 is 9.21 Å². The van der Waals surface area contributed by atoms with Gasteiger partial charge in [-0.25, -0.2) is 4.98 Å². The molecule has 0 bridgehead atoms. The number of rotatable bonds is 5. The van der Waals surface area contributed by atoms with Gasteiger partial charge in [-0.15, -0.1) is 11.3 Å². The van der Waals surface area contributed by atoms with Crippen LogP contribution in [-0.4, -0.2) is 32.1 Å². The van der Waals surface area contributed by atoms with Gasteiger partial charge in [-0.3, -0.25) is 9.48 Å². The fourth-order valence-corrected chi connectivity index (χ4v) is 3.97. The number of pyridine rings is 1. The van der Waals surface area contributed by atoms with E-state index in [1.807, 2.05) is 61.5 Å². The summed E-state index contributed by atoms with van der Waals surface area (Å²) in [5.74, 6) is 0.605. The highest BCUT2D eigenvalue weighted by molar-refractivity contribution is 7.09. The number of carbonyl (C=O) groups excluding carboxylic acids is 1. The van der Waals surface area contributed by atoms with E-state index in [9.17, 15) is 4.79 Å². The molecule has 0 fully saturated rings. The molecule has 0 saturated carbocycles. The average molecular weight is 380 g/mol. The Morgan fingerprint density at radius 1 is 1.33 bits per heavy atom. The molecule has 0 saturated heterocycles. The predicted octanol–water partition coefficient (Wildman–Crippen LogP) is 4.26. The van der Waals surface area contributed by atoms with Crippen molar-refractivity contribution in [3.63, 3.8) is 0 Å². The molecule has 0 unspecified atom stereocenters. The molecule has 1 amide bonds. The minimum absolute atomic E-state index is 0.0257. The molecule has 0 aromatic carbocycles. The molecule has 0 radical (unpaired) electrons. The van der Waals surface area contributed by atoms with E-state index in [2.05, 4.69) is 10.1 Å². The van der Waals surface area contributed by atoms with Gasteiger partial charge in [0.2, 0.25) is 0 Å². The van der Waals surface area contributed by atoms with Crippen LogP contribution in [0, 0.1) is 6.92 Å². The Balaban J connectivity index is 1.84. The van der Waals surface area contributed by atoms with Crippen molar-refractivity contribution in [2.75, 3.05) is 6.54 Å². The zero-order chi connectivity index (χ0) is 19.0. The number of fused-ring (bicyclic) bond motifs is 1. The number of aromatic nitrogens is 3. The lowest BCUT2D eigenvalue weighted by Crippen LogP contribution is -2.30. The first-order valence-electron chi connectivity index (χ1n) is 8.78. The molecular weight excluding hydrogens is 360 g/mol. The second kappa shape index (κ2) is 7.00. The standard InChI is InChI=1S/C20H20N4O2S/c1-4-24(12-14-7-6-10-27-14)20(25)15-11-16(17-8-5-9-26-17)21-19-18(15)13(2)22-23(19)3/h5-11H,4,12H2,1-3H3. The lowest BCUT2D eigenvalue weighted by atomic mass is 10.1. The van der Waals surface area contributed by atoms with Crippen molar-refractivity contribution in [1.29, 1.82) is 0 Å². The van der Waals surface area contributed by atoms with Gasteiger partial charge < -0.3 is 9.32 Å². The van der Waals surface area contributed by atoms with Gasteiger partial charge in [-0.2, -0.15) is 5.10 Å². The molecule has 0 aliphatic rings.